The molecule has 18 heavy (non-hydrogen) atoms. The number of nitrogens with one attached hydrogen (secondary N) is 1. The SMILES string of the molecule is CC1CCC(O)(CNC2COC(C)(C)OC2)CC1. The summed E-state index contributed by atoms with van der Waals surface area (Å²) in [5.41, 5.74) is -0.528. The summed E-state index contributed by atoms with van der Waals surface area (Å²) >= 11 is 0. The van der Waals surface area contributed by atoms with Crippen molar-refractivity contribution in [1.29, 1.82) is 0 Å². The molecule has 0 radical (unpaired) electrons. The summed E-state index contributed by atoms with van der Waals surface area (Å²) in [6.07, 6.45) is 4.06. The van der Waals surface area contributed by atoms with Gasteiger partial charge >= 0.3 is 0 Å². The Morgan fingerprint density at radius 1 is 1.17 bits per heavy atom. The van der Waals surface area contributed by atoms with Gasteiger partial charge in [-0.3, -0.25) is 0 Å². The van der Waals surface area contributed by atoms with Crippen LogP contribution in [0.4, 0.5) is 0 Å². The smallest absolute Gasteiger partial charge is 0.162 e. The largest absolute Gasteiger partial charge is 0.389 e. The van der Waals surface area contributed by atoms with Crippen LogP contribution in [0.15, 0.2) is 0 Å². The Morgan fingerprint density at radius 3 is 2.28 bits per heavy atom. The molecule has 1 heterocycles. The molecule has 0 aromatic rings. The second-order valence-electron chi connectivity index (χ2n) is 6.51. The third-order valence-electron chi connectivity index (χ3n) is 4.19. The van der Waals surface area contributed by atoms with Gasteiger partial charge in [-0.2, -0.15) is 0 Å². The van der Waals surface area contributed by atoms with Gasteiger partial charge in [-0.05, 0) is 45.4 Å². The van der Waals surface area contributed by atoms with Crippen molar-refractivity contribution >= 4 is 0 Å². The third kappa shape index (κ3) is 3.92. The minimum atomic E-state index is -0.528. The van der Waals surface area contributed by atoms with Crippen LogP contribution in [-0.4, -0.2) is 42.3 Å². The molecular formula is C14H27NO3. The Bertz CT molecular complexity index is 262. The molecule has 0 bridgehead atoms. The van der Waals surface area contributed by atoms with Crippen LogP contribution in [0.1, 0.15) is 46.5 Å². The Labute approximate surface area is 110 Å². The van der Waals surface area contributed by atoms with E-state index in [0.717, 1.165) is 31.6 Å². The molecule has 2 fully saturated rings. The zero-order valence-corrected chi connectivity index (χ0v) is 11.9. The number of hydrogen-bond acceptors (Lipinski definition) is 4. The van der Waals surface area contributed by atoms with E-state index in [1.165, 1.54) is 0 Å². The van der Waals surface area contributed by atoms with Crippen LogP contribution in [0.5, 0.6) is 0 Å². The molecule has 1 aliphatic heterocycles. The molecule has 0 atom stereocenters. The molecule has 0 aromatic carbocycles. The topological polar surface area (TPSA) is 50.7 Å². The highest BCUT2D eigenvalue weighted by molar-refractivity contribution is 4.88. The van der Waals surface area contributed by atoms with Gasteiger partial charge in [-0.25, -0.2) is 0 Å². The monoisotopic (exact) mass is 257 g/mol. The van der Waals surface area contributed by atoms with E-state index in [4.69, 9.17) is 9.47 Å². The van der Waals surface area contributed by atoms with E-state index in [2.05, 4.69) is 12.2 Å². The second kappa shape index (κ2) is 5.45. The highest BCUT2D eigenvalue weighted by Crippen LogP contribution is 2.31. The van der Waals surface area contributed by atoms with Crippen molar-refractivity contribution in [3.8, 4) is 0 Å². The number of rotatable bonds is 3. The summed E-state index contributed by atoms with van der Waals surface area (Å²) in [7, 11) is 0. The van der Waals surface area contributed by atoms with Crippen molar-refractivity contribution in [2.75, 3.05) is 19.8 Å². The molecule has 2 N–H and O–H groups in total. The van der Waals surface area contributed by atoms with Crippen LogP contribution in [0.3, 0.4) is 0 Å². The van der Waals surface area contributed by atoms with Gasteiger partial charge in [0.2, 0.25) is 0 Å². The average molecular weight is 257 g/mol. The average Bonchev–Trinajstić information content (AvgIpc) is 2.32. The van der Waals surface area contributed by atoms with Crippen molar-refractivity contribution in [1.82, 2.24) is 5.32 Å². The van der Waals surface area contributed by atoms with E-state index in [-0.39, 0.29) is 6.04 Å². The van der Waals surface area contributed by atoms with Crippen LogP contribution in [0.2, 0.25) is 0 Å². The minimum absolute atomic E-state index is 0.196. The first-order valence-electron chi connectivity index (χ1n) is 7.12. The van der Waals surface area contributed by atoms with Gasteiger partial charge in [0.1, 0.15) is 0 Å². The summed E-state index contributed by atoms with van der Waals surface area (Å²) in [4.78, 5) is 0. The van der Waals surface area contributed by atoms with Gasteiger partial charge in [-0.15, -0.1) is 0 Å². The fourth-order valence-corrected chi connectivity index (χ4v) is 2.62. The van der Waals surface area contributed by atoms with Gasteiger partial charge in [0, 0.05) is 6.54 Å². The lowest BCUT2D eigenvalue weighted by Crippen LogP contribution is -2.53. The lowest BCUT2D eigenvalue weighted by atomic mass is 9.79. The maximum atomic E-state index is 10.5. The van der Waals surface area contributed by atoms with Crippen molar-refractivity contribution in [3.63, 3.8) is 0 Å². The minimum Gasteiger partial charge on any atom is -0.389 e. The Kier molecular flexibility index (Phi) is 4.32. The van der Waals surface area contributed by atoms with Crippen molar-refractivity contribution in [2.24, 2.45) is 5.92 Å². The molecule has 2 rings (SSSR count). The van der Waals surface area contributed by atoms with E-state index in [1.54, 1.807) is 0 Å². The zero-order chi connectivity index (χ0) is 13.2. The van der Waals surface area contributed by atoms with E-state index in [0.29, 0.717) is 19.8 Å². The quantitative estimate of drug-likeness (QED) is 0.807. The molecule has 4 heteroatoms. The molecule has 0 unspecified atom stereocenters. The van der Waals surface area contributed by atoms with Crippen LogP contribution >= 0.6 is 0 Å². The summed E-state index contributed by atoms with van der Waals surface area (Å²) in [5.74, 6) is 0.294. The molecule has 4 nitrogen and oxygen atoms in total. The molecule has 1 aliphatic carbocycles. The van der Waals surface area contributed by atoms with Crippen LogP contribution in [0.25, 0.3) is 0 Å². The van der Waals surface area contributed by atoms with Crippen LogP contribution < -0.4 is 5.32 Å². The first kappa shape index (κ1) is 14.3. The molecule has 1 saturated heterocycles. The van der Waals surface area contributed by atoms with E-state index in [9.17, 15) is 5.11 Å². The first-order chi connectivity index (χ1) is 8.39. The van der Waals surface area contributed by atoms with E-state index < -0.39 is 11.4 Å². The predicted molar refractivity (Wildman–Crippen MR) is 70.4 cm³/mol. The second-order valence-corrected chi connectivity index (χ2v) is 6.51. The third-order valence-corrected chi connectivity index (χ3v) is 4.19. The lowest BCUT2D eigenvalue weighted by Gasteiger charge is -2.39. The fourth-order valence-electron chi connectivity index (χ4n) is 2.62. The van der Waals surface area contributed by atoms with Gasteiger partial charge in [0.15, 0.2) is 5.79 Å². The van der Waals surface area contributed by atoms with Crippen LogP contribution in [0, 0.1) is 5.92 Å². The highest BCUT2D eigenvalue weighted by Gasteiger charge is 2.34. The van der Waals surface area contributed by atoms with Gasteiger partial charge < -0.3 is 19.9 Å². The van der Waals surface area contributed by atoms with E-state index >= 15 is 0 Å². The Morgan fingerprint density at radius 2 is 1.72 bits per heavy atom. The molecule has 0 amide bonds. The molecule has 0 aromatic heterocycles. The first-order valence-corrected chi connectivity index (χ1v) is 7.12. The van der Waals surface area contributed by atoms with Crippen LogP contribution in [-0.2, 0) is 9.47 Å². The Balaban J connectivity index is 1.72. The fraction of sp³-hybridized carbons (Fsp3) is 1.00. The lowest BCUT2D eigenvalue weighted by molar-refractivity contribution is -0.253. The highest BCUT2D eigenvalue weighted by atomic mass is 16.7. The van der Waals surface area contributed by atoms with Crippen molar-refractivity contribution in [3.05, 3.63) is 0 Å². The molecule has 0 spiro atoms. The molecule has 106 valence electrons. The molecular weight excluding hydrogens is 230 g/mol. The zero-order valence-electron chi connectivity index (χ0n) is 11.9. The maximum absolute atomic E-state index is 10.5. The van der Waals surface area contributed by atoms with Gasteiger partial charge in [-0.1, -0.05) is 6.92 Å². The maximum Gasteiger partial charge on any atom is 0.162 e. The summed E-state index contributed by atoms with van der Waals surface area (Å²) in [6, 6.07) is 0.196. The van der Waals surface area contributed by atoms with Gasteiger partial charge in [0.25, 0.3) is 0 Å². The number of ether oxygens (including phenoxy) is 2. The Hall–Kier alpha value is -0.160. The number of hydrogen-bond donors (Lipinski definition) is 2. The summed E-state index contributed by atoms with van der Waals surface area (Å²) < 4.78 is 11.2. The molecule has 2 aliphatic rings. The number of aliphatic hydroxyl groups is 1. The van der Waals surface area contributed by atoms with E-state index in [1.807, 2.05) is 13.8 Å². The standard InChI is InChI=1S/C14H27NO3/c1-11-4-6-14(16,7-5-11)10-15-12-8-17-13(2,3)18-9-12/h11-12,15-16H,4-10H2,1-3H3. The molecule has 1 saturated carbocycles. The normalized spacial score (nSPS) is 37.7. The van der Waals surface area contributed by atoms with Gasteiger partial charge in [0.05, 0.1) is 24.9 Å². The summed E-state index contributed by atoms with van der Waals surface area (Å²) in [6.45, 7) is 8.08. The van der Waals surface area contributed by atoms with Crippen molar-refractivity contribution in [2.45, 2.75) is 63.9 Å². The van der Waals surface area contributed by atoms with Crippen molar-refractivity contribution < 1.29 is 14.6 Å². The predicted octanol–water partition coefficient (Wildman–Crippen LogP) is 1.67. The summed E-state index contributed by atoms with van der Waals surface area (Å²) in [5, 5.41) is 13.9.